The molecule has 2 nitrogen and oxygen atoms in total. The lowest BCUT2D eigenvalue weighted by atomic mass is 9.71. The van der Waals surface area contributed by atoms with Gasteiger partial charge in [-0.2, -0.15) is 0 Å². The summed E-state index contributed by atoms with van der Waals surface area (Å²) < 4.78 is 5.48. The van der Waals surface area contributed by atoms with Crippen molar-refractivity contribution in [3.63, 3.8) is 0 Å². The van der Waals surface area contributed by atoms with Gasteiger partial charge in [0.25, 0.3) is 0 Å². The molecule has 2 aliphatic heterocycles. The second-order valence-electron chi connectivity index (χ2n) is 4.22. The lowest BCUT2D eigenvalue weighted by molar-refractivity contribution is 0.155. The minimum Gasteiger partial charge on any atom is -0.380 e. The molecule has 0 saturated carbocycles. The number of hydrogen-bond acceptors (Lipinski definition) is 2. The number of rotatable bonds is 0. The average Bonchev–Trinajstić information content (AvgIpc) is 2.20. The largest absolute Gasteiger partial charge is 0.380 e. The van der Waals surface area contributed by atoms with E-state index in [4.69, 9.17) is 4.74 Å². The smallest absolute Gasteiger partial charge is 0.0538 e. The highest BCUT2D eigenvalue weighted by atomic mass is 35.5. The normalized spacial score (nSPS) is 48.5. The summed E-state index contributed by atoms with van der Waals surface area (Å²) in [6.45, 7) is 8.78. The molecule has 0 bridgehead atoms. The first-order valence-corrected chi connectivity index (χ1v) is 3.95. The highest BCUT2D eigenvalue weighted by Gasteiger charge is 2.52. The number of halogens is 1. The molecule has 2 heterocycles. The van der Waals surface area contributed by atoms with Crippen molar-refractivity contribution in [2.75, 3.05) is 26.3 Å². The fourth-order valence-electron chi connectivity index (χ4n) is 1.99. The van der Waals surface area contributed by atoms with Gasteiger partial charge in [0.05, 0.1) is 13.2 Å². The molecule has 0 amide bonds. The van der Waals surface area contributed by atoms with E-state index in [0.717, 1.165) is 26.3 Å². The van der Waals surface area contributed by atoms with Gasteiger partial charge in [-0.05, 0) is 0 Å². The molecule has 0 aliphatic carbocycles. The maximum atomic E-state index is 5.48. The zero-order valence-corrected chi connectivity index (χ0v) is 7.96. The van der Waals surface area contributed by atoms with Crippen LogP contribution in [0.4, 0.5) is 0 Å². The van der Waals surface area contributed by atoms with E-state index >= 15 is 0 Å². The molecule has 0 aromatic heterocycles. The summed E-state index contributed by atoms with van der Waals surface area (Å²) in [6, 6.07) is 0. The zero-order chi connectivity index (χ0) is 7.24. The maximum absolute atomic E-state index is 5.48. The maximum Gasteiger partial charge on any atom is 0.0538 e. The summed E-state index contributed by atoms with van der Waals surface area (Å²) in [7, 11) is 0. The molecule has 2 fully saturated rings. The zero-order valence-electron chi connectivity index (χ0n) is 7.14. The minimum atomic E-state index is 0. The topological polar surface area (TPSA) is 21.3 Å². The van der Waals surface area contributed by atoms with Crippen LogP contribution in [0.15, 0.2) is 0 Å². The third-order valence-corrected chi connectivity index (χ3v) is 3.33. The molecule has 66 valence electrons. The van der Waals surface area contributed by atoms with Gasteiger partial charge in [-0.25, -0.2) is 0 Å². The van der Waals surface area contributed by atoms with E-state index in [9.17, 15) is 0 Å². The van der Waals surface area contributed by atoms with Gasteiger partial charge in [0.15, 0.2) is 0 Å². The van der Waals surface area contributed by atoms with E-state index < -0.39 is 0 Å². The summed E-state index contributed by atoms with van der Waals surface area (Å²) in [5, 5.41) is 3.43. The van der Waals surface area contributed by atoms with Gasteiger partial charge in [-0.1, -0.05) is 13.8 Å². The summed E-state index contributed by atoms with van der Waals surface area (Å²) in [5.74, 6) is 0. The van der Waals surface area contributed by atoms with Gasteiger partial charge in [-0.3, -0.25) is 0 Å². The Morgan fingerprint density at radius 3 is 2.00 bits per heavy atom. The van der Waals surface area contributed by atoms with Crippen molar-refractivity contribution in [3.8, 4) is 0 Å². The van der Waals surface area contributed by atoms with Crippen molar-refractivity contribution >= 4 is 12.4 Å². The predicted molar refractivity (Wildman–Crippen MR) is 47.2 cm³/mol. The molecule has 11 heavy (non-hydrogen) atoms. The van der Waals surface area contributed by atoms with Gasteiger partial charge in [0, 0.05) is 23.9 Å². The van der Waals surface area contributed by atoms with Gasteiger partial charge in [0.2, 0.25) is 0 Å². The number of fused-ring (bicyclic) bond motifs is 1. The van der Waals surface area contributed by atoms with Crippen LogP contribution in [0, 0.1) is 10.8 Å². The van der Waals surface area contributed by atoms with Crippen LogP contribution < -0.4 is 5.32 Å². The Labute approximate surface area is 74.1 Å². The summed E-state index contributed by atoms with van der Waals surface area (Å²) in [5.41, 5.74) is 0.819. The average molecular weight is 178 g/mol. The minimum absolute atomic E-state index is 0. The number of hydrogen-bond donors (Lipinski definition) is 1. The Hall–Kier alpha value is 0.210. The Kier molecular flexibility index (Phi) is 2.21. The van der Waals surface area contributed by atoms with Crippen molar-refractivity contribution in [1.29, 1.82) is 0 Å². The third kappa shape index (κ3) is 1.08. The second kappa shape index (κ2) is 2.61. The first-order valence-electron chi connectivity index (χ1n) is 3.95. The summed E-state index contributed by atoms with van der Waals surface area (Å²) in [4.78, 5) is 0. The number of nitrogens with one attached hydrogen (secondary N) is 1. The summed E-state index contributed by atoms with van der Waals surface area (Å²) >= 11 is 0. The fourth-order valence-corrected chi connectivity index (χ4v) is 1.99. The van der Waals surface area contributed by atoms with Crippen LogP contribution in [0.1, 0.15) is 13.8 Å². The van der Waals surface area contributed by atoms with Crippen LogP contribution in [-0.2, 0) is 4.74 Å². The monoisotopic (exact) mass is 177 g/mol. The van der Waals surface area contributed by atoms with E-state index in [2.05, 4.69) is 19.2 Å². The molecular formula is C8H16ClNO. The van der Waals surface area contributed by atoms with E-state index in [1.165, 1.54) is 0 Å². The highest BCUT2D eigenvalue weighted by molar-refractivity contribution is 5.85. The van der Waals surface area contributed by atoms with E-state index in [0.29, 0.717) is 10.8 Å². The molecule has 0 aromatic carbocycles. The molecule has 1 N–H and O–H groups in total. The fraction of sp³-hybridized carbons (Fsp3) is 1.00. The first-order chi connectivity index (χ1) is 4.66. The molecular weight excluding hydrogens is 162 g/mol. The van der Waals surface area contributed by atoms with Gasteiger partial charge in [-0.15, -0.1) is 12.4 Å². The SMILES string of the molecule is CC12CNCC1(C)COC2.Cl. The van der Waals surface area contributed by atoms with Crippen molar-refractivity contribution in [3.05, 3.63) is 0 Å². The molecule has 0 radical (unpaired) electrons. The quantitative estimate of drug-likeness (QED) is 0.598. The van der Waals surface area contributed by atoms with Crippen molar-refractivity contribution < 1.29 is 4.74 Å². The molecule has 2 aliphatic rings. The molecule has 2 saturated heterocycles. The van der Waals surface area contributed by atoms with Gasteiger partial charge >= 0.3 is 0 Å². The molecule has 0 spiro atoms. The summed E-state index contributed by atoms with van der Waals surface area (Å²) in [6.07, 6.45) is 0. The standard InChI is InChI=1S/C8H15NO.ClH/c1-7-3-9-4-8(7,2)6-10-5-7;/h9H,3-6H2,1-2H3;1H. The van der Waals surface area contributed by atoms with Crippen LogP contribution in [0.3, 0.4) is 0 Å². The Bertz CT molecular complexity index is 134. The Morgan fingerprint density at radius 2 is 1.55 bits per heavy atom. The molecule has 2 unspecified atom stereocenters. The third-order valence-electron chi connectivity index (χ3n) is 3.33. The van der Waals surface area contributed by atoms with Gasteiger partial charge < -0.3 is 10.1 Å². The number of ether oxygens (including phenoxy) is 1. The van der Waals surface area contributed by atoms with Gasteiger partial charge in [0.1, 0.15) is 0 Å². The van der Waals surface area contributed by atoms with E-state index in [1.54, 1.807) is 0 Å². The predicted octanol–water partition coefficient (Wildman–Crippen LogP) is 1.05. The Morgan fingerprint density at radius 1 is 1.09 bits per heavy atom. The van der Waals surface area contributed by atoms with E-state index in [-0.39, 0.29) is 12.4 Å². The molecule has 2 rings (SSSR count). The first kappa shape index (κ1) is 9.30. The van der Waals surface area contributed by atoms with Crippen molar-refractivity contribution in [1.82, 2.24) is 5.32 Å². The van der Waals surface area contributed by atoms with Crippen molar-refractivity contribution in [2.24, 2.45) is 10.8 Å². The lowest BCUT2D eigenvalue weighted by Gasteiger charge is -2.29. The van der Waals surface area contributed by atoms with Crippen molar-refractivity contribution in [2.45, 2.75) is 13.8 Å². The molecule has 3 heteroatoms. The van der Waals surface area contributed by atoms with Crippen LogP contribution in [0.25, 0.3) is 0 Å². The Balaban J connectivity index is 0.000000605. The molecule has 2 atom stereocenters. The lowest BCUT2D eigenvalue weighted by Crippen LogP contribution is -2.34. The molecule has 0 aromatic rings. The highest BCUT2D eigenvalue weighted by Crippen LogP contribution is 2.46. The second-order valence-corrected chi connectivity index (χ2v) is 4.22. The van der Waals surface area contributed by atoms with Crippen LogP contribution in [-0.4, -0.2) is 26.3 Å². The van der Waals surface area contributed by atoms with Crippen LogP contribution in [0.5, 0.6) is 0 Å². The van der Waals surface area contributed by atoms with Crippen LogP contribution in [0.2, 0.25) is 0 Å². The van der Waals surface area contributed by atoms with Crippen LogP contribution >= 0.6 is 12.4 Å². The van der Waals surface area contributed by atoms with E-state index in [1.807, 2.05) is 0 Å².